The van der Waals surface area contributed by atoms with Gasteiger partial charge in [-0.05, 0) is 36.4 Å². The molecule has 0 aliphatic carbocycles. The smallest absolute Gasteiger partial charge is 0.173 e. The summed E-state index contributed by atoms with van der Waals surface area (Å²) in [6, 6.07) is 16.6. The summed E-state index contributed by atoms with van der Waals surface area (Å²) in [6.07, 6.45) is 3.35. The fourth-order valence-corrected chi connectivity index (χ4v) is 2.62. The van der Waals surface area contributed by atoms with Gasteiger partial charge in [0, 0.05) is 12.6 Å². The van der Waals surface area contributed by atoms with E-state index >= 15 is 0 Å². The molecular weight excluding hydrogens is 356 g/mol. The van der Waals surface area contributed by atoms with Crippen molar-refractivity contribution in [3.63, 3.8) is 0 Å². The number of rotatable bonds is 6. The number of nitrogens with one attached hydrogen (secondary N) is 1. The van der Waals surface area contributed by atoms with E-state index in [1.165, 1.54) is 0 Å². The van der Waals surface area contributed by atoms with Crippen LogP contribution in [0.15, 0.2) is 60.9 Å². The van der Waals surface area contributed by atoms with Crippen LogP contribution in [0, 0.1) is 11.3 Å². The van der Waals surface area contributed by atoms with E-state index < -0.39 is 0 Å². The van der Waals surface area contributed by atoms with Crippen molar-refractivity contribution >= 4 is 0 Å². The van der Waals surface area contributed by atoms with Crippen molar-refractivity contribution in [1.82, 2.24) is 25.2 Å². The number of ether oxygens (including phenoxy) is 2. The number of benzene rings is 2. The van der Waals surface area contributed by atoms with Gasteiger partial charge in [-0.25, -0.2) is 4.68 Å². The summed E-state index contributed by atoms with van der Waals surface area (Å²) in [5, 5.41) is 23.8. The summed E-state index contributed by atoms with van der Waals surface area (Å²) in [7, 11) is 1.82. The molecule has 8 heteroatoms. The first kappa shape index (κ1) is 17.3. The minimum atomic E-state index is 0.363. The van der Waals surface area contributed by atoms with Gasteiger partial charge >= 0.3 is 0 Å². The highest BCUT2D eigenvalue weighted by atomic mass is 16.5. The highest BCUT2D eigenvalue weighted by Gasteiger charge is 2.12. The number of aryl methyl sites for hydroxylation is 1. The van der Waals surface area contributed by atoms with Crippen LogP contribution in [0.1, 0.15) is 11.3 Å². The molecule has 0 bridgehead atoms. The molecule has 2 aromatic heterocycles. The second-order valence-corrected chi connectivity index (χ2v) is 6.00. The molecule has 4 aromatic rings. The van der Waals surface area contributed by atoms with E-state index in [1.807, 2.05) is 31.3 Å². The Morgan fingerprint density at radius 3 is 2.75 bits per heavy atom. The number of nitrogens with zero attached hydrogens (tertiary/aromatic N) is 5. The van der Waals surface area contributed by atoms with E-state index in [0.29, 0.717) is 35.1 Å². The molecule has 0 saturated carbocycles. The maximum Gasteiger partial charge on any atom is 0.173 e. The van der Waals surface area contributed by atoms with Crippen LogP contribution in [0.2, 0.25) is 0 Å². The highest BCUT2D eigenvalue weighted by Crippen LogP contribution is 2.33. The largest absolute Gasteiger partial charge is 0.487 e. The second kappa shape index (κ2) is 7.63. The normalized spacial score (nSPS) is 10.4. The zero-order valence-corrected chi connectivity index (χ0v) is 15.0. The summed E-state index contributed by atoms with van der Waals surface area (Å²) < 4.78 is 13.4. The fraction of sp³-hybridized carbons (Fsp3) is 0.100. The van der Waals surface area contributed by atoms with Crippen LogP contribution in [0.4, 0.5) is 0 Å². The molecule has 0 saturated heterocycles. The molecule has 0 spiro atoms. The second-order valence-electron chi connectivity index (χ2n) is 6.00. The lowest BCUT2D eigenvalue weighted by atomic mass is 10.1. The van der Waals surface area contributed by atoms with Crippen molar-refractivity contribution in [2.75, 3.05) is 0 Å². The molecule has 2 heterocycles. The lowest BCUT2D eigenvalue weighted by molar-refractivity contribution is 0.295. The Morgan fingerprint density at radius 2 is 2.00 bits per heavy atom. The molecule has 0 radical (unpaired) electrons. The van der Waals surface area contributed by atoms with Crippen molar-refractivity contribution in [3.8, 4) is 34.6 Å². The zero-order valence-electron chi connectivity index (χ0n) is 15.0. The molecule has 0 aliphatic heterocycles. The Morgan fingerprint density at radius 1 is 1.14 bits per heavy atom. The van der Waals surface area contributed by atoms with Gasteiger partial charge in [-0.15, -0.1) is 5.10 Å². The van der Waals surface area contributed by atoms with E-state index in [0.717, 1.165) is 11.3 Å². The van der Waals surface area contributed by atoms with Crippen molar-refractivity contribution < 1.29 is 9.47 Å². The number of hydrogen-bond donors (Lipinski definition) is 1. The molecule has 28 heavy (non-hydrogen) atoms. The van der Waals surface area contributed by atoms with Crippen LogP contribution in [0.5, 0.6) is 17.2 Å². The highest BCUT2D eigenvalue weighted by molar-refractivity contribution is 5.67. The first-order chi connectivity index (χ1) is 13.7. The third kappa shape index (κ3) is 3.68. The van der Waals surface area contributed by atoms with Gasteiger partial charge < -0.3 is 9.47 Å². The van der Waals surface area contributed by atoms with Crippen LogP contribution in [-0.2, 0) is 13.7 Å². The number of nitriles is 1. The monoisotopic (exact) mass is 372 g/mol. The lowest BCUT2D eigenvalue weighted by Crippen LogP contribution is -2.03. The number of aromatic nitrogens is 5. The van der Waals surface area contributed by atoms with Gasteiger partial charge in [-0.3, -0.25) is 5.10 Å². The quantitative estimate of drug-likeness (QED) is 0.556. The van der Waals surface area contributed by atoms with Crippen molar-refractivity contribution in [2.24, 2.45) is 7.05 Å². The maximum atomic E-state index is 8.90. The zero-order chi connectivity index (χ0) is 19.3. The minimum absolute atomic E-state index is 0.363. The summed E-state index contributed by atoms with van der Waals surface area (Å²) in [4.78, 5) is 0. The third-order valence-corrected chi connectivity index (χ3v) is 4.12. The molecular formula is C20H16N6O2. The Hall–Kier alpha value is -4.12. The minimum Gasteiger partial charge on any atom is -0.487 e. The summed E-state index contributed by atoms with van der Waals surface area (Å²) in [5.41, 5.74) is 2.96. The number of H-pyrrole nitrogens is 1. The predicted molar refractivity (Wildman–Crippen MR) is 101 cm³/mol. The van der Waals surface area contributed by atoms with Gasteiger partial charge in [0.05, 0.1) is 29.7 Å². The molecule has 0 unspecified atom stereocenters. The molecule has 8 nitrogen and oxygen atoms in total. The van der Waals surface area contributed by atoms with Gasteiger partial charge in [-0.1, -0.05) is 17.3 Å². The molecule has 0 atom stereocenters. The van der Waals surface area contributed by atoms with Gasteiger partial charge in [0.15, 0.2) is 5.75 Å². The maximum absolute atomic E-state index is 8.90. The molecule has 0 aliphatic rings. The Bertz CT molecular complexity index is 1120. The van der Waals surface area contributed by atoms with Crippen LogP contribution in [0.25, 0.3) is 11.3 Å². The summed E-state index contributed by atoms with van der Waals surface area (Å²) >= 11 is 0. The topological polar surface area (TPSA) is 102 Å². The first-order valence-corrected chi connectivity index (χ1v) is 8.51. The Balaban J connectivity index is 1.52. The number of hydrogen-bond acceptors (Lipinski definition) is 6. The predicted octanol–water partition coefficient (Wildman–Crippen LogP) is 3.45. The van der Waals surface area contributed by atoms with E-state index in [9.17, 15) is 0 Å². The average molecular weight is 372 g/mol. The van der Waals surface area contributed by atoms with E-state index in [1.54, 1.807) is 41.3 Å². The SMILES string of the molecule is Cn1nncc1COc1cccc(-c2n[nH]cc2Oc2ccc(C#N)cc2)c1. The van der Waals surface area contributed by atoms with E-state index in [-0.39, 0.29) is 0 Å². The van der Waals surface area contributed by atoms with Crippen molar-refractivity contribution in [1.29, 1.82) is 5.26 Å². The molecule has 4 rings (SSSR count). The van der Waals surface area contributed by atoms with Gasteiger partial charge in [0.1, 0.15) is 23.8 Å². The average Bonchev–Trinajstić information content (AvgIpc) is 3.36. The van der Waals surface area contributed by atoms with Gasteiger partial charge in [0.2, 0.25) is 0 Å². The van der Waals surface area contributed by atoms with E-state index in [2.05, 4.69) is 26.6 Å². The lowest BCUT2D eigenvalue weighted by Gasteiger charge is -2.09. The molecule has 2 aromatic carbocycles. The van der Waals surface area contributed by atoms with Gasteiger partial charge in [0.25, 0.3) is 0 Å². The molecule has 138 valence electrons. The Labute approximate surface area is 161 Å². The summed E-state index contributed by atoms with van der Waals surface area (Å²) in [5.74, 6) is 1.90. The van der Waals surface area contributed by atoms with Crippen LogP contribution < -0.4 is 9.47 Å². The Kier molecular flexibility index (Phi) is 4.72. The molecule has 0 fully saturated rings. The number of aromatic amines is 1. The van der Waals surface area contributed by atoms with Crippen molar-refractivity contribution in [2.45, 2.75) is 6.61 Å². The first-order valence-electron chi connectivity index (χ1n) is 8.51. The van der Waals surface area contributed by atoms with Crippen LogP contribution >= 0.6 is 0 Å². The van der Waals surface area contributed by atoms with Crippen LogP contribution in [-0.4, -0.2) is 25.2 Å². The third-order valence-electron chi connectivity index (χ3n) is 4.12. The summed E-state index contributed by atoms with van der Waals surface area (Å²) in [6.45, 7) is 0.363. The molecule has 0 amide bonds. The van der Waals surface area contributed by atoms with E-state index in [4.69, 9.17) is 14.7 Å². The van der Waals surface area contributed by atoms with Gasteiger partial charge in [-0.2, -0.15) is 10.4 Å². The standard InChI is InChI=1S/C20H16N6O2/c1-26-16(11-23-25-26)13-27-18-4-2-3-15(9-18)20-19(12-22-24-20)28-17-7-5-14(10-21)6-8-17/h2-9,11-12H,13H2,1H3,(H,22,24). The molecule has 1 N–H and O–H groups in total. The van der Waals surface area contributed by atoms with Crippen LogP contribution in [0.3, 0.4) is 0 Å². The fourth-order valence-electron chi connectivity index (χ4n) is 2.62. The van der Waals surface area contributed by atoms with Crippen molar-refractivity contribution in [3.05, 3.63) is 72.2 Å².